The van der Waals surface area contributed by atoms with Crippen molar-refractivity contribution >= 4 is 5.97 Å². The van der Waals surface area contributed by atoms with Crippen LogP contribution in [0.25, 0.3) is 11.4 Å². The SMILES string of the molecule is CC(C)(C)OC(=O)C1(CCCCCCCCOc2ccc(-c3ccnn3C3CCCCO3)nc2)CCNCC1. The van der Waals surface area contributed by atoms with E-state index in [1.54, 1.807) is 6.20 Å². The molecule has 4 heterocycles. The average molecular weight is 541 g/mol. The summed E-state index contributed by atoms with van der Waals surface area (Å²) in [7, 11) is 0. The van der Waals surface area contributed by atoms with Crippen LogP contribution in [0.4, 0.5) is 0 Å². The highest BCUT2D eigenvalue weighted by atomic mass is 16.6. The van der Waals surface area contributed by atoms with Gasteiger partial charge in [0.05, 0.1) is 29.6 Å². The lowest BCUT2D eigenvalue weighted by molar-refractivity contribution is -0.170. The number of rotatable bonds is 13. The van der Waals surface area contributed by atoms with Crippen molar-refractivity contribution in [1.29, 1.82) is 0 Å². The van der Waals surface area contributed by atoms with E-state index in [1.807, 2.05) is 49.8 Å². The maximum atomic E-state index is 13.0. The van der Waals surface area contributed by atoms with Crippen LogP contribution in [0.15, 0.2) is 30.6 Å². The number of nitrogens with one attached hydrogen (secondary N) is 1. The second-order valence-corrected chi connectivity index (χ2v) is 12.1. The van der Waals surface area contributed by atoms with Crippen molar-refractivity contribution in [3.05, 3.63) is 30.6 Å². The fraction of sp³-hybridized carbons (Fsp3) is 0.710. The smallest absolute Gasteiger partial charge is 0.312 e. The van der Waals surface area contributed by atoms with Gasteiger partial charge in [-0.25, -0.2) is 4.68 Å². The van der Waals surface area contributed by atoms with Gasteiger partial charge in [0.15, 0.2) is 6.23 Å². The van der Waals surface area contributed by atoms with Gasteiger partial charge in [0.25, 0.3) is 0 Å². The number of hydrogen-bond acceptors (Lipinski definition) is 7. The van der Waals surface area contributed by atoms with Crippen LogP contribution in [0.5, 0.6) is 5.75 Å². The van der Waals surface area contributed by atoms with E-state index in [4.69, 9.17) is 14.2 Å². The number of ether oxygens (including phenoxy) is 3. The van der Waals surface area contributed by atoms with Gasteiger partial charge in [-0.15, -0.1) is 0 Å². The van der Waals surface area contributed by atoms with Gasteiger partial charge in [-0.05, 0) is 97.0 Å². The van der Waals surface area contributed by atoms with E-state index in [0.29, 0.717) is 6.61 Å². The molecule has 0 bridgehead atoms. The van der Waals surface area contributed by atoms with Gasteiger partial charge >= 0.3 is 5.97 Å². The second-order valence-electron chi connectivity index (χ2n) is 12.1. The third-order valence-corrected chi connectivity index (χ3v) is 7.81. The highest BCUT2D eigenvalue weighted by Crippen LogP contribution is 2.37. The van der Waals surface area contributed by atoms with E-state index < -0.39 is 5.60 Å². The van der Waals surface area contributed by atoms with Crippen LogP contribution >= 0.6 is 0 Å². The molecule has 4 rings (SSSR count). The van der Waals surface area contributed by atoms with Crippen molar-refractivity contribution in [2.24, 2.45) is 5.41 Å². The molecule has 39 heavy (non-hydrogen) atoms. The molecule has 1 atom stereocenters. The minimum Gasteiger partial charge on any atom is -0.492 e. The molecule has 8 heteroatoms. The van der Waals surface area contributed by atoms with Crippen molar-refractivity contribution < 1.29 is 19.0 Å². The van der Waals surface area contributed by atoms with E-state index in [9.17, 15) is 4.79 Å². The zero-order chi connectivity index (χ0) is 27.6. The number of carbonyl (C=O) groups is 1. The topological polar surface area (TPSA) is 87.5 Å². The zero-order valence-corrected chi connectivity index (χ0v) is 24.3. The van der Waals surface area contributed by atoms with Crippen LogP contribution < -0.4 is 10.1 Å². The van der Waals surface area contributed by atoms with Gasteiger partial charge in [0, 0.05) is 12.8 Å². The molecule has 1 unspecified atom stereocenters. The summed E-state index contributed by atoms with van der Waals surface area (Å²) in [4.78, 5) is 17.6. The molecule has 1 N–H and O–H groups in total. The number of unbranched alkanes of at least 4 members (excludes halogenated alkanes) is 5. The monoisotopic (exact) mass is 540 g/mol. The number of pyridine rings is 1. The molecular weight excluding hydrogens is 492 g/mol. The molecular formula is C31H48N4O4. The van der Waals surface area contributed by atoms with E-state index >= 15 is 0 Å². The Morgan fingerprint density at radius 1 is 1.08 bits per heavy atom. The predicted octanol–water partition coefficient (Wildman–Crippen LogP) is 6.47. The fourth-order valence-electron chi connectivity index (χ4n) is 5.59. The number of piperidine rings is 1. The molecule has 0 saturated carbocycles. The second kappa shape index (κ2) is 14.3. The Labute approximate surface area is 234 Å². The Kier molecular flexibility index (Phi) is 10.8. The molecule has 2 aliphatic rings. The lowest BCUT2D eigenvalue weighted by Crippen LogP contribution is -2.45. The molecule has 2 fully saturated rings. The van der Waals surface area contributed by atoms with Crippen molar-refractivity contribution in [1.82, 2.24) is 20.1 Å². The first kappa shape index (κ1) is 29.5. The predicted molar refractivity (Wildman–Crippen MR) is 152 cm³/mol. The van der Waals surface area contributed by atoms with Crippen molar-refractivity contribution in [2.45, 2.75) is 110 Å². The Morgan fingerprint density at radius 2 is 1.85 bits per heavy atom. The third kappa shape index (κ3) is 8.77. The summed E-state index contributed by atoms with van der Waals surface area (Å²) >= 11 is 0. The molecule has 216 valence electrons. The molecule has 0 aliphatic carbocycles. The Morgan fingerprint density at radius 3 is 2.54 bits per heavy atom. The number of aromatic nitrogens is 3. The molecule has 0 amide bonds. The van der Waals surface area contributed by atoms with E-state index in [2.05, 4.69) is 15.4 Å². The van der Waals surface area contributed by atoms with E-state index in [1.165, 1.54) is 12.8 Å². The minimum atomic E-state index is -0.428. The van der Waals surface area contributed by atoms with Crippen molar-refractivity contribution in [3.63, 3.8) is 0 Å². The first-order valence-corrected chi connectivity index (χ1v) is 15.0. The minimum absolute atomic E-state index is 0.0000340. The van der Waals surface area contributed by atoms with Crippen LogP contribution in [-0.4, -0.2) is 52.6 Å². The molecule has 2 aromatic rings. The maximum Gasteiger partial charge on any atom is 0.312 e. The zero-order valence-electron chi connectivity index (χ0n) is 24.3. The summed E-state index contributed by atoms with van der Waals surface area (Å²) in [5.74, 6) is 0.799. The van der Waals surface area contributed by atoms with Crippen LogP contribution in [0.2, 0.25) is 0 Å². The molecule has 0 radical (unpaired) electrons. The first-order chi connectivity index (χ1) is 18.9. The summed E-state index contributed by atoms with van der Waals surface area (Å²) < 4.78 is 19.6. The number of hydrogen-bond donors (Lipinski definition) is 1. The fourth-order valence-corrected chi connectivity index (χ4v) is 5.59. The van der Waals surface area contributed by atoms with Gasteiger partial charge in [0.1, 0.15) is 11.4 Å². The highest BCUT2D eigenvalue weighted by molar-refractivity contribution is 5.77. The molecule has 8 nitrogen and oxygen atoms in total. The van der Waals surface area contributed by atoms with Gasteiger partial charge in [0.2, 0.25) is 0 Å². The van der Waals surface area contributed by atoms with E-state index in [-0.39, 0.29) is 17.6 Å². The molecule has 2 saturated heterocycles. The van der Waals surface area contributed by atoms with Gasteiger partial charge in [-0.2, -0.15) is 5.10 Å². The van der Waals surface area contributed by atoms with E-state index in [0.717, 1.165) is 101 Å². The Hall–Kier alpha value is -2.45. The highest BCUT2D eigenvalue weighted by Gasteiger charge is 2.41. The molecule has 2 aromatic heterocycles. The Bertz CT molecular complexity index is 1000. The summed E-state index contributed by atoms with van der Waals surface area (Å²) in [5.41, 5.74) is 1.12. The number of esters is 1. The normalized spacial score (nSPS) is 19.5. The van der Waals surface area contributed by atoms with Crippen molar-refractivity contribution in [2.75, 3.05) is 26.3 Å². The maximum absolute atomic E-state index is 13.0. The number of carbonyl (C=O) groups excluding carboxylic acids is 1. The van der Waals surface area contributed by atoms with Crippen LogP contribution in [0.1, 0.15) is 104 Å². The lowest BCUT2D eigenvalue weighted by atomic mass is 9.74. The molecule has 0 aromatic carbocycles. The molecule has 0 spiro atoms. The molecule has 2 aliphatic heterocycles. The van der Waals surface area contributed by atoms with Gasteiger partial charge in [-0.1, -0.05) is 32.1 Å². The van der Waals surface area contributed by atoms with Gasteiger partial charge in [-0.3, -0.25) is 9.78 Å². The third-order valence-electron chi connectivity index (χ3n) is 7.81. The Balaban J connectivity index is 1.11. The summed E-state index contributed by atoms with van der Waals surface area (Å²) in [6, 6.07) is 5.98. The van der Waals surface area contributed by atoms with Crippen LogP contribution in [-0.2, 0) is 14.3 Å². The summed E-state index contributed by atoms with van der Waals surface area (Å²) in [5, 5.41) is 7.87. The van der Waals surface area contributed by atoms with Crippen LogP contribution in [0.3, 0.4) is 0 Å². The first-order valence-electron chi connectivity index (χ1n) is 15.0. The van der Waals surface area contributed by atoms with Crippen LogP contribution in [0, 0.1) is 5.41 Å². The number of nitrogens with zero attached hydrogens (tertiary/aromatic N) is 3. The largest absolute Gasteiger partial charge is 0.492 e. The van der Waals surface area contributed by atoms with Gasteiger partial charge < -0.3 is 19.5 Å². The standard InChI is InChI=1S/C31H48N4O4/c1-30(2,3)39-29(36)31(17-20-32-21-18-31)16-9-6-4-5-7-10-22-37-25-13-14-26(33-24-25)27-15-19-34-35(27)28-12-8-11-23-38-28/h13-15,19,24,28,32H,4-12,16-18,20-23H2,1-3H3. The lowest BCUT2D eigenvalue weighted by Gasteiger charge is -2.37. The summed E-state index contributed by atoms with van der Waals surface area (Å²) in [6.07, 6.45) is 16.4. The average Bonchev–Trinajstić information content (AvgIpc) is 3.43. The quantitative estimate of drug-likeness (QED) is 0.230. The summed E-state index contributed by atoms with van der Waals surface area (Å²) in [6.45, 7) is 9.16. The van der Waals surface area contributed by atoms with Crippen molar-refractivity contribution in [3.8, 4) is 17.1 Å².